The third-order valence-corrected chi connectivity index (χ3v) is 6.16. The predicted molar refractivity (Wildman–Crippen MR) is 103 cm³/mol. The van der Waals surface area contributed by atoms with Gasteiger partial charge in [-0.25, -0.2) is 8.42 Å². The maximum absolute atomic E-state index is 13.0. The van der Waals surface area contributed by atoms with Crippen LogP contribution in [-0.2, 0) is 26.6 Å². The van der Waals surface area contributed by atoms with Crippen molar-refractivity contribution in [3.05, 3.63) is 40.5 Å². The molecule has 0 aliphatic carbocycles. The molecule has 8 heteroatoms. The van der Waals surface area contributed by atoms with E-state index in [2.05, 4.69) is 35.6 Å². The predicted octanol–water partition coefficient (Wildman–Crippen LogP) is 3.21. The fraction of sp³-hybridized carbons (Fsp3) is 0.579. The Morgan fingerprint density at radius 1 is 1.26 bits per heavy atom. The fourth-order valence-corrected chi connectivity index (χ4v) is 4.16. The van der Waals surface area contributed by atoms with Crippen molar-refractivity contribution in [3.8, 4) is 0 Å². The van der Waals surface area contributed by atoms with Crippen molar-refractivity contribution in [1.29, 1.82) is 0 Å². The first-order valence-electron chi connectivity index (χ1n) is 8.91. The number of hydrogen-bond acceptors (Lipinski definition) is 6. The molecule has 150 valence electrons. The molecule has 1 heterocycles. The van der Waals surface area contributed by atoms with E-state index in [1.54, 1.807) is 20.1 Å². The molecule has 0 saturated heterocycles. The number of aryl methyl sites for hydroxylation is 1. The molecule has 1 atom stereocenters. The zero-order valence-electron chi connectivity index (χ0n) is 17.1. The van der Waals surface area contributed by atoms with Crippen molar-refractivity contribution in [2.75, 3.05) is 13.7 Å². The van der Waals surface area contributed by atoms with E-state index in [9.17, 15) is 8.42 Å². The van der Waals surface area contributed by atoms with Gasteiger partial charge in [-0.1, -0.05) is 32.0 Å². The molecule has 1 aromatic carbocycles. The summed E-state index contributed by atoms with van der Waals surface area (Å²) in [5, 5.41) is 3.85. The summed E-state index contributed by atoms with van der Waals surface area (Å²) >= 11 is 0. The third kappa shape index (κ3) is 5.15. The van der Waals surface area contributed by atoms with Gasteiger partial charge in [-0.15, -0.1) is 0 Å². The molecular weight excluding hydrogens is 366 g/mol. The maximum atomic E-state index is 13.0. The second kappa shape index (κ2) is 8.08. The first kappa shape index (κ1) is 21.5. The largest absolute Gasteiger partial charge is 0.384 e. The summed E-state index contributed by atoms with van der Waals surface area (Å²) < 4.78 is 38.9. The minimum absolute atomic E-state index is 0.156. The Labute approximate surface area is 161 Å². The number of nitrogens with zero attached hydrogens (tertiary/aromatic N) is 2. The zero-order valence-corrected chi connectivity index (χ0v) is 17.9. The molecule has 0 spiro atoms. The lowest BCUT2D eigenvalue weighted by atomic mass is 9.85. The number of hydrogen-bond donors (Lipinski definition) is 1. The van der Waals surface area contributed by atoms with Gasteiger partial charge in [0.05, 0.1) is 17.5 Å². The summed E-state index contributed by atoms with van der Waals surface area (Å²) in [6, 6.07) is 3.14. The number of sulfonamides is 1. The Kier molecular flexibility index (Phi) is 6.44. The molecule has 0 aliphatic heterocycles. The molecule has 0 bridgehead atoms. The Balaban J connectivity index is 2.30. The lowest BCUT2D eigenvalue weighted by Crippen LogP contribution is -2.28. The smallest absolute Gasteiger partial charge is 0.244 e. The van der Waals surface area contributed by atoms with Crippen LogP contribution >= 0.6 is 0 Å². The van der Waals surface area contributed by atoms with Gasteiger partial charge < -0.3 is 9.26 Å². The monoisotopic (exact) mass is 395 g/mol. The number of rotatable bonds is 7. The van der Waals surface area contributed by atoms with Gasteiger partial charge in [-0.3, -0.25) is 0 Å². The maximum Gasteiger partial charge on any atom is 0.244 e. The molecule has 7 nitrogen and oxygen atoms in total. The molecule has 0 aliphatic rings. The van der Waals surface area contributed by atoms with Gasteiger partial charge in [-0.05, 0) is 48.9 Å². The number of nitrogens with one attached hydrogen (secondary N) is 1. The third-order valence-electron chi connectivity index (χ3n) is 4.49. The van der Waals surface area contributed by atoms with Crippen LogP contribution in [0.4, 0.5) is 0 Å². The van der Waals surface area contributed by atoms with Crippen LogP contribution in [0.5, 0.6) is 0 Å². The van der Waals surface area contributed by atoms with Crippen LogP contribution in [0.1, 0.15) is 62.1 Å². The molecule has 2 aromatic rings. The highest BCUT2D eigenvalue weighted by atomic mass is 32.2. The summed E-state index contributed by atoms with van der Waals surface area (Å²) in [6.07, 6.45) is 0.505. The Hall–Kier alpha value is -1.77. The summed E-state index contributed by atoms with van der Waals surface area (Å²) in [7, 11) is -2.16. The van der Waals surface area contributed by atoms with E-state index in [4.69, 9.17) is 9.26 Å². The summed E-state index contributed by atoms with van der Waals surface area (Å²) in [5.74, 6) is 0.714. The van der Waals surface area contributed by atoms with Crippen LogP contribution in [-0.4, -0.2) is 32.3 Å². The Morgan fingerprint density at radius 2 is 1.93 bits per heavy atom. The molecule has 0 amide bonds. The van der Waals surface area contributed by atoms with Crippen LogP contribution < -0.4 is 4.72 Å². The molecule has 2 rings (SSSR count). The minimum atomic E-state index is -3.75. The van der Waals surface area contributed by atoms with Crippen molar-refractivity contribution in [2.24, 2.45) is 0 Å². The summed E-state index contributed by atoms with van der Waals surface area (Å²) in [4.78, 5) is 4.51. The molecule has 0 radical (unpaired) electrons. The van der Waals surface area contributed by atoms with Crippen LogP contribution in [0.15, 0.2) is 21.6 Å². The first-order valence-corrected chi connectivity index (χ1v) is 10.4. The van der Waals surface area contributed by atoms with Gasteiger partial charge in [0, 0.05) is 13.5 Å². The Morgan fingerprint density at radius 3 is 2.52 bits per heavy atom. The van der Waals surface area contributed by atoms with E-state index in [0.717, 1.165) is 16.7 Å². The first-order chi connectivity index (χ1) is 12.5. The van der Waals surface area contributed by atoms with Crippen LogP contribution in [0.2, 0.25) is 0 Å². The van der Waals surface area contributed by atoms with E-state index in [1.165, 1.54) is 0 Å². The topological polar surface area (TPSA) is 94.3 Å². The van der Waals surface area contributed by atoms with E-state index in [1.807, 2.05) is 19.9 Å². The van der Waals surface area contributed by atoms with Crippen molar-refractivity contribution in [1.82, 2.24) is 14.9 Å². The molecule has 27 heavy (non-hydrogen) atoms. The van der Waals surface area contributed by atoms with Crippen molar-refractivity contribution in [2.45, 2.75) is 64.3 Å². The van der Waals surface area contributed by atoms with Crippen molar-refractivity contribution < 1.29 is 17.7 Å². The fourth-order valence-electron chi connectivity index (χ4n) is 2.62. The second-order valence-corrected chi connectivity index (χ2v) is 9.48. The SMILES string of the molecule is COCCc1noc(C(C)NS(=O)(=O)c2cc(C(C)(C)C)cc(C)c2C)n1. The Bertz CT molecular complexity index is 898. The van der Waals surface area contributed by atoms with E-state index < -0.39 is 16.1 Å². The van der Waals surface area contributed by atoms with Crippen LogP contribution in [0.3, 0.4) is 0 Å². The molecule has 1 aromatic heterocycles. The summed E-state index contributed by atoms with van der Waals surface area (Å²) in [5.41, 5.74) is 2.49. The number of methoxy groups -OCH3 is 1. The lowest BCUT2D eigenvalue weighted by molar-refractivity contribution is 0.199. The van der Waals surface area contributed by atoms with Crippen LogP contribution in [0.25, 0.3) is 0 Å². The van der Waals surface area contributed by atoms with Gasteiger partial charge in [0.1, 0.15) is 0 Å². The van der Waals surface area contributed by atoms with E-state index >= 15 is 0 Å². The number of benzene rings is 1. The molecule has 0 saturated carbocycles. The van der Waals surface area contributed by atoms with Crippen LogP contribution in [0, 0.1) is 13.8 Å². The van der Waals surface area contributed by atoms with Crippen molar-refractivity contribution >= 4 is 10.0 Å². The van der Waals surface area contributed by atoms with E-state index in [-0.39, 0.29) is 16.2 Å². The highest BCUT2D eigenvalue weighted by Gasteiger charge is 2.26. The van der Waals surface area contributed by atoms with Gasteiger partial charge in [0.2, 0.25) is 15.9 Å². The van der Waals surface area contributed by atoms with Gasteiger partial charge >= 0.3 is 0 Å². The minimum Gasteiger partial charge on any atom is -0.384 e. The normalized spacial score (nSPS) is 13.7. The molecule has 0 fully saturated rings. The number of aromatic nitrogens is 2. The van der Waals surface area contributed by atoms with Gasteiger partial charge in [-0.2, -0.15) is 9.71 Å². The standard InChI is InChI=1S/C19H29N3O4S/c1-12-10-15(19(4,5)6)11-16(13(12)2)27(23,24)22-14(3)18-20-17(21-26-18)8-9-25-7/h10-11,14,22H,8-9H2,1-7H3. The van der Waals surface area contributed by atoms with Gasteiger partial charge in [0.15, 0.2) is 5.82 Å². The molecule has 1 N–H and O–H groups in total. The average molecular weight is 396 g/mol. The lowest BCUT2D eigenvalue weighted by Gasteiger charge is -2.22. The zero-order chi connectivity index (χ0) is 20.4. The average Bonchev–Trinajstić information content (AvgIpc) is 3.02. The van der Waals surface area contributed by atoms with Crippen molar-refractivity contribution in [3.63, 3.8) is 0 Å². The highest BCUT2D eigenvalue weighted by Crippen LogP contribution is 2.29. The highest BCUT2D eigenvalue weighted by molar-refractivity contribution is 7.89. The van der Waals surface area contributed by atoms with Gasteiger partial charge in [0.25, 0.3) is 0 Å². The second-order valence-electron chi connectivity index (χ2n) is 7.80. The quantitative estimate of drug-likeness (QED) is 0.773. The molecule has 1 unspecified atom stereocenters. The number of ether oxygens (including phenoxy) is 1. The van der Waals surface area contributed by atoms with E-state index in [0.29, 0.717) is 18.9 Å². The summed E-state index contributed by atoms with van der Waals surface area (Å²) in [6.45, 7) is 12.1. The molecular formula is C19H29N3O4S.